The Labute approximate surface area is 146 Å². The van der Waals surface area contributed by atoms with Crippen molar-refractivity contribution < 1.29 is 0 Å². The first-order valence-electron chi connectivity index (χ1n) is 10.8. The van der Waals surface area contributed by atoms with E-state index in [9.17, 15) is 0 Å². The van der Waals surface area contributed by atoms with Crippen LogP contribution in [0.1, 0.15) is 106 Å². The number of hydrogen-bond acceptors (Lipinski definition) is 0. The molecule has 0 aromatic carbocycles. The van der Waals surface area contributed by atoms with Crippen LogP contribution in [-0.4, -0.2) is 0 Å². The monoisotopic (exact) mass is 318 g/mol. The van der Waals surface area contributed by atoms with Crippen LogP contribution in [0.5, 0.6) is 0 Å². The number of rotatable bonds is 3. The summed E-state index contributed by atoms with van der Waals surface area (Å²) in [6.07, 6.45) is 14.8. The van der Waals surface area contributed by atoms with Gasteiger partial charge in [-0.15, -0.1) is 0 Å². The highest BCUT2D eigenvalue weighted by atomic mass is 14.7. The van der Waals surface area contributed by atoms with Crippen LogP contribution in [-0.2, 0) is 0 Å². The molecule has 0 radical (unpaired) electrons. The Morgan fingerprint density at radius 1 is 0.826 bits per heavy atom. The number of unbranched alkanes of at least 4 members (excludes halogenated alkanes) is 1. The van der Waals surface area contributed by atoms with Gasteiger partial charge >= 0.3 is 0 Å². The van der Waals surface area contributed by atoms with Crippen LogP contribution in [0.2, 0.25) is 0 Å². The zero-order valence-corrected chi connectivity index (χ0v) is 16.9. The highest BCUT2D eigenvalue weighted by Gasteiger charge is 2.61. The SMILES string of the molecule is CCCC[C@H]1[C@H](C)CC[C@@H]2[C@]3(C)CCCC(C)(C)[C@H]3CC[C@@]21C. The summed E-state index contributed by atoms with van der Waals surface area (Å²) in [6.45, 7) is 15.5. The number of hydrogen-bond donors (Lipinski definition) is 0. The largest absolute Gasteiger partial charge is 0.0654 e. The minimum atomic E-state index is 0.580. The minimum absolute atomic E-state index is 0.580. The summed E-state index contributed by atoms with van der Waals surface area (Å²) in [5.74, 6) is 3.91. The molecular formula is C23H42. The molecule has 0 heteroatoms. The molecule has 3 fully saturated rings. The average Bonchev–Trinajstić information content (AvgIpc) is 2.45. The van der Waals surface area contributed by atoms with Gasteiger partial charge in [-0.1, -0.05) is 67.2 Å². The predicted octanol–water partition coefficient (Wildman–Crippen LogP) is 7.47. The molecule has 0 unspecified atom stereocenters. The van der Waals surface area contributed by atoms with Crippen LogP contribution in [0.3, 0.4) is 0 Å². The Kier molecular flexibility index (Phi) is 4.70. The molecule has 134 valence electrons. The van der Waals surface area contributed by atoms with Crippen molar-refractivity contribution in [3.05, 3.63) is 0 Å². The summed E-state index contributed by atoms with van der Waals surface area (Å²) in [4.78, 5) is 0. The topological polar surface area (TPSA) is 0 Å². The van der Waals surface area contributed by atoms with Gasteiger partial charge in [0, 0.05) is 0 Å². The van der Waals surface area contributed by atoms with E-state index in [-0.39, 0.29) is 0 Å². The van der Waals surface area contributed by atoms with Crippen LogP contribution < -0.4 is 0 Å². The van der Waals surface area contributed by atoms with Gasteiger partial charge < -0.3 is 0 Å². The zero-order chi connectivity index (χ0) is 16.9. The first kappa shape index (κ1) is 17.8. The van der Waals surface area contributed by atoms with E-state index in [1.165, 1.54) is 64.2 Å². The fraction of sp³-hybridized carbons (Fsp3) is 1.00. The molecular weight excluding hydrogens is 276 g/mol. The van der Waals surface area contributed by atoms with Gasteiger partial charge in [0.05, 0.1) is 0 Å². The number of fused-ring (bicyclic) bond motifs is 3. The van der Waals surface area contributed by atoms with Crippen molar-refractivity contribution in [2.24, 2.45) is 39.9 Å². The van der Waals surface area contributed by atoms with Gasteiger partial charge in [-0.3, -0.25) is 0 Å². The molecule has 0 bridgehead atoms. The Morgan fingerprint density at radius 3 is 2.26 bits per heavy atom. The predicted molar refractivity (Wildman–Crippen MR) is 101 cm³/mol. The van der Waals surface area contributed by atoms with Gasteiger partial charge in [0.25, 0.3) is 0 Å². The quantitative estimate of drug-likeness (QED) is 0.506. The van der Waals surface area contributed by atoms with Gasteiger partial charge in [0.1, 0.15) is 0 Å². The van der Waals surface area contributed by atoms with E-state index in [2.05, 4.69) is 41.5 Å². The van der Waals surface area contributed by atoms with E-state index >= 15 is 0 Å². The molecule has 0 heterocycles. The van der Waals surface area contributed by atoms with Gasteiger partial charge in [0.15, 0.2) is 0 Å². The fourth-order valence-electron chi connectivity index (χ4n) is 8.11. The third kappa shape index (κ3) is 2.71. The summed E-state index contributed by atoms with van der Waals surface area (Å²) in [5, 5.41) is 0. The summed E-state index contributed by atoms with van der Waals surface area (Å²) >= 11 is 0. The standard InChI is InChI=1S/C23H42/c1-7-8-10-18-17(2)11-12-20-22(18,5)16-13-19-21(3,4)14-9-15-23(19,20)6/h17-20H,7-16H2,1-6H3/t17-,18+,19-,20+,22-,23-/m1/s1. The molecule has 3 rings (SSSR count). The van der Waals surface area contributed by atoms with Gasteiger partial charge in [-0.05, 0) is 78.4 Å². The van der Waals surface area contributed by atoms with Crippen LogP contribution in [0.25, 0.3) is 0 Å². The molecule has 0 spiro atoms. The van der Waals surface area contributed by atoms with Gasteiger partial charge in [-0.25, -0.2) is 0 Å². The maximum atomic E-state index is 2.72. The minimum Gasteiger partial charge on any atom is -0.0654 e. The third-order valence-corrected chi connectivity index (χ3v) is 9.15. The van der Waals surface area contributed by atoms with Crippen molar-refractivity contribution in [2.45, 2.75) is 106 Å². The molecule has 0 aromatic rings. The fourth-order valence-corrected chi connectivity index (χ4v) is 8.11. The normalized spacial score (nSPS) is 49.3. The summed E-state index contributed by atoms with van der Waals surface area (Å²) in [6, 6.07) is 0. The van der Waals surface area contributed by atoms with Crippen LogP contribution in [0.15, 0.2) is 0 Å². The lowest BCUT2D eigenvalue weighted by atomic mass is 9.38. The summed E-state index contributed by atoms with van der Waals surface area (Å²) in [7, 11) is 0. The lowest BCUT2D eigenvalue weighted by molar-refractivity contribution is -0.174. The van der Waals surface area contributed by atoms with E-state index in [0.717, 1.165) is 23.7 Å². The van der Waals surface area contributed by atoms with Crippen molar-refractivity contribution in [3.8, 4) is 0 Å². The summed E-state index contributed by atoms with van der Waals surface area (Å²) < 4.78 is 0. The van der Waals surface area contributed by atoms with Crippen molar-refractivity contribution in [2.75, 3.05) is 0 Å². The van der Waals surface area contributed by atoms with E-state index in [0.29, 0.717) is 16.2 Å². The second-order valence-corrected chi connectivity index (χ2v) is 10.8. The third-order valence-electron chi connectivity index (χ3n) is 9.15. The van der Waals surface area contributed by atoms with E-state index in [1.807, 2.05) is 0 Å². The van der Waals surface area contributed by atoms with E-state index < -0.39 is 0 Å². The van der Waals surface area contributed by atoms with Crippen molar-refractivity contribution >= 4 is 0 Å². The molecule has 3 aliphatic carbocycles. The smallest absolute Gasteiger partial charge is 0.0259 e. The van der Waals surface area contributed by atoms with Gasteiger partial charge in [0.2, 0.25) is 0 Å². The van der Waals surface area contributed by atoms with Crippen LogP contribution in [0, 0.1) is 39.9 Å². The Bertz CT molecular complexity index is 422. The Hall–Kier alpha value is 0. The Balaban J connectivity index is 1.92. The second kappa shape index (κ2) is 6.06. The molecule has 3 saturated carbocycles. The van der Waals surface area contributed by atoms with Crippen molar-refractivity contribution in [1.29, 1.82) is 0 Å². The molecule has 0 nitrogen and oxygen atoms in total. The first-order chi connectivity index (χ1) is 10.8. The molecule has 0 aliphatic heterocycles. The van der Waals surface area contributed by atoms with Crippen LogP contribution in [0.4, 0.5) is 0 Å². The van der Waals surface area contributed by atoms with Crippen molar-refractivity contribution in [1.82, 2.24) is 0 Å². The van der Waals surface area contributed by atoms with E-state index in [1.54, 1.807) is 0 Å². The molecule has 6 atom stereocenters. The molecule has 0 amide bonds. The molecule has 0 N–H and O–H groups in total. The average molecular weight is 319 g/mol. The Morgan fingerprint density at radius 2 is 1.57 bits per heavy atom. The highest BCUT2D eigenvalue weighted by Crippen LogP contribution is 2.69. The molecule has 0 aromatic heterocycles. The highest BCUT2D eigenvalue weighted by molar-refractivity contribution is 5.10. The van der Waals surface area contributed by atoms with Crippen LogP contribution >= 0.6 is 0 Å². The first-order valence-corrected chi connectivity index (χ1v) is 10.8. The lowest BCUT2D eigenvalue weighted by Gasteiger charge is -2.66. The maximum Gasteiger partial charge on any atom is -0.0259 e. The summed E-state index contributed by atoms with van der Waals surface area (Å²) in [5.41, 5.74) is 1.83. The van der Waals surface area contributed by atoms with Gasteiger partial charge in [-0.2, -0.15) is 0 Å². The molecule has 23 heavy (non-hydrogen) atoms. The second-order valence-electron chi connectivity index (χ2n) is 10.8. The molecule has 0 saturated heterocycles. The molecule has 3 aliphatic rings. The van der Waals surface area contributed by atoms with E-state index in [4.69, 9.17) is 0 Å². The zero-order valence-electron chi connectivity index (χ0n) is 16.9. The van der Waals surface area contributed by atoms with Crippen molar-refractivity contribution in [3.63, 3.8) is 0 Å². The lowest BCUT2D eigenvalue weighted by Crippen LogP contribution is -2.59. The maximum absolute atomic E-state index is 2.72.